The molecule has 2 saturated heterocycles. The minimum absolute atomic E-state index is 0.0510. The number of amides is 1. The molecule has 2 aliphatic rings. The van der Waals surface area contributed by atoms with Crippen LogP contribution in [-0.4, -0.2) is 67.4 Å². The van der Waals surface area contributed by atoms with Crippen molar-refractivity contribution in [3.05, 3.63) is 0 Å². The third-order valence-corrected chi connectivity index (χ3v) is 4.80. The first-order valence-electron chi connectivity index (χ1n) is 7.97. The Balaban J connectivity index is 1.90. The molecule has 0 saturated carbocycles. The van der Waals surface area contributed by atoms with E-state index in [0.29, 0.717) is 13.1 Å². The highest BCUT2D eigenvalue weighted by atomic mass is 32.2. The number of nitrogens with two attached hydrogens (primary N) is 1. The molecule has 0 aromatic rings. The Kier molecular flexibility index (Phi) is 7.29. The summed E-state index contributed by atoms with van der Waals surface area (Å²) in [5.41, 5.74) is 6.07. The summed E-state index contributed by atoms with van der Waals surface area (Å²) >= 11 is 1.72. The summed E-state index contributed by atoms with van der Waals surface area (Å²) < 4.78 is 11.4. The maximum absolute atomic E-state index is 12.6. The average molecular weight is 316 g/mol. The molecule has 0 aromatic heterocycles. The van der Waals surface area contributed by atoms with Gasteiger partial charge in [0.05, 0.1) is 18.2 Å². The van der Waals surface area contributed by atoms with Crippen molar-refractivity contribution in [3.8, 4) is 0 Å². The van der Waals surface area contributed by atoms with Gasteiger partial charge in [-0.1, -0.05) is 0 Å². The van der Waals surface area contributed by atoms with E-state index < -0.39 is 6.04 Å². The number of hydrogen-bond acceptors (Lipinski definition) is 5. The second-order valence-electron chi connectivity index (χ2n) is 5.90. The predicted molar refractivity (Wildman–Crippen MR) is 85.5 cm³/mol. The number of carbonyl (C=O) groups is 1. The molecule has 0 spiro atoms. The SMILES string of the molecule is CSCC[C@@H](N)C(=O)N(CC1CCCO1)CC1CCCO1. The van der Waals surface area contributed by atoms with Gasteiger partial charge in [0.1, 0.15) is 0 Å². The van der Waals surface area contributed by atoms with Crippen molar-refractivity contribution < 1.29 is 14.3 Å². The Morgan fingerprint density at radius 3 is 2.24 bits per heavy atom. The van der Waals surface area contributed by atoms with Crippen LogP contribution in [0.2, 0.25) is 0 Å². The molecule has 2 unspecified atom stereocenters. The molecule has 122 valence electrons. The molecule has 5 nitrogen and oxygen atoms in total. The van der Waals surface area contributed by atoms with Gasteiger partial charge >= 0.3 is 0 Å². The van der Waals surface area contributed by atoms with Crippen molar-refractivity contribution in [2.75, 3.05) is 38.3 Å². The van der Waals surface area contributed by atoms with Gasteiger partial charge in [0.25, 0.3) is 0 Å². The Labute approximate surface area is 131 Å². The molecule has 2 heterocycles. The molecule has 21 heavy (non-hydrogen) atoms. The number of carbonyl (C=O) groups excluding carboxylic acids is 1. The molecular formula is C15H28N2O3S. The molecule has 2 aliphatic heterocycles. The van der Waals surface area contributed by atoms with Crippen LogP contribution in [0.1, 0.15) is 32.1 Å². The molecule has 0 bridgehead atoms. The van der Waals surface area contributed by atoms with E-state index in [-0.39, 0.29) is 18.1 Å². The fourth-order valence-electron chi connectivity index (χ4n) is 2.93. The maximum Gasteiger partial charge on any atom is 0.239 e. The number of hydrogen-bond donors (Lipinski definition) is 1. The van der Waals surface area contributed by atoms with E-state index in [2.05, 4.69) is 0 Å². The van der Waals surface area contributed by atoms with E-state index in [4.69, 9.17) is 15.2 Å². The topological polar surface area (TPSA) is 64.8 Å². The fourth-order valence-corrected chi connectivity index (χ4v) is 3.42. The van der Waals surface area contributed by atoms with E-state index >= 15 is 0 Å². The first kappa shape index (κ1) is 17.1. The highest BCUT2D eigenvalue weighted by molar-refractivity contribution is 7.98. The molecule has 2 rings (SSSR count). The first-order valence-corrected chi connectivity index (χ1v) is 9.36. The molecule has 3 atom stereocenters. The summed E-state index contributed by atoms with van der Waals surface area (Å²) in [5, 5.41) is 0. The largest absolute Gasteiger partial charge is 0.376 e. The van der Waals surface area contributed by atoms with Gasteiger partial charge in [-0.3, -0.25) is 4.79 Å². The Bertz CT molecular complexity index is 300. The van der Waals surface area contributed by atoms with E-state index in [1.807, 2.05) is 11.2 Å². The summed E-state index contributed by atoms with van der Waals surface area (Å²) in [6.45, 7) is 2.94. The summed E-state index contributed by atoms with van der Waals surface area (Å²) in [7, 11) is 0. The summed E-state index contributed by atoms with van der Waals surface area (Å²) in [4.78, 5) is 14.5. The second-order valence-corrected chi connectivity index (χ2v) is 6.89. The summed E-state index contributed by atoms with van der Waals surface area (Å²) in [5.74, 6) is 0.968. The van der Waals surface area contributed by atoms with Gasteiger partial charge in [-0.2, -0.15) is 11.8 Å². The monoisotopic (exact) mass is 316 g/mol. The van der Waals surface area contributed by atoms with Crippen molar-refractivity contribution in [2.45, 2.75) is 50.4 Å². The Hall–Kier alpha value is -0.300. The minimum atomic E-state index is -0.403. The molecule has 2 fully saturated rings. The van der Waals surface area contributed by atoms with Crippen molar-refractivity contribution in [2.24, 2.45) is 5.73 Å². The van der Waals surface area contributed by atoms with Gasteiger partial charge in [0.15, 0.2) is 0 Å². The van der Waals surface area contributed by atoms with Crippen molar-refractivity contribution >= 4 is 17.7 Å². The van der Waals surface area contributed by atoms with E-state index in [1.165, 1.54) is 0 Å². The molecule has 0 aromatic carbocycles. The van der Waals surface area contributed by atoms with Crippen LogP contribution in [0.5, 0.6) is 0 Å². The van der Waals surface area contributed by atoms with Crippen LogP contribution < -0.4 is 5.73 Å². The highest BCUT2D eigenvalue weighted by Crippen LogP contribution is 2.18. The minimum Gasteiger partial charge on any atom is -0.376 e. The van der Waals surface area contributed by atoms with Gasteiger partial charge in [-0.15, -0.1) is 0 Å². The molecular weight excluding hydrogens is 288 g/mol. The van der Waals surface area contributed by atoms with Crippen LogP contribution in [0.25, 0.3) is 0 Å². The molecule has 1 amide bonds. The van der Waals surface area contributed by atoms with E-state index in [1.54, 1.807) is 11.8 Å². The Morgan fingerprint density at radius 2 is 1.81 bits per heavy atom. The van der Waals surface area contributed by atoms with Gasteiger partial charge in [0, 0.05) is 26.3 Å². The predicted octanol–water partition coefficient (Wildman–Crippen LogP) is 1.25. The van der Waals surface area contributed by atoms with Crippen molar-refractivity contribution in [3.63, 3.8) is 0 Å². The summed E-state index contributed by atoms with van der Waals surface area (Å²) in [6, 6.07) is -0.403. The third-order valence-electron chi connectivity index (χ3n) is 4.16. The highest BCUT2D eigenvalue weighted by Gasteiger charge is 2.29. The molecule has 0 aliphatic carbocycles. The quantitative estimate of drug-likeness (QED) is 0.730. The zero-order chi connectivity index (χ0) is 15.1. The number of ether oxygens (including phenoxy) is 2. The lowest BCUT2D eigenvalue weighted by atomic mass is 10.1. The smallest absolute Gasteiger partial charge is 0.239 e. The van der Waals surface area contributed by atoms with Gasteiger partial charge in [-0.05, 0) is 44.1 Å². The van der Waals surface area contributed by atoms with Crippen LogP contribution in [0, 0.1) is 0 Å². The van der Waals surface area contributed by atoms with Crippen molar-refractivity contribution in [1.29, 1.82) is 0 Å². The number of rotatable bonds is 8. The standard InChI is InChI=1S/C15H28N2O3S/c1-21-9-6-14(16)15(18)17(10-12-4-2-7-19-12)11-13-5-3-8-20-13/h12-14H,2-11,16H2,1H3/t12?,13?,14-/m1/s1. The molecule has 2 N–H and O–H groups in total. The van der Waals surface area contributed by atoms with Gasteiger partial charge in [0.2, 0.25) is 5.91 Å². The lowest BCUT2D eigenvalue weighted by Crippen LogP contribution is -2.49. The number of nitrogens with zero attached hydrogens (tertiary/aromatic N) is 1. The fraction of sp³-hybridized carbons (Fsp3) is 0.933. The van der Waals surface area contributed by atoms with E-state index in [9.17, 15) is 4.79 Å². The zero-order valence-electron chi connectivity index (χ0n) is 13.0. The zero-order valence-corrected chi connectivity index (χ0v) is 13.8. The second kappa shape index (κ2) is 8.98. The van der Waals surface area contributed by atoms with Crippen molar-refractivity contribution in [1.82, 2.24) is 4.90 Å². The first-order chi connectivity index (χ1) is 10.2. The Morgan fingerprint density at radius 1 is 1.24 bits per heavy atom. The third kappa shape index (κ3) is 5.43. The lowest BCUT2D eigenvalue weighted by Gasteiger charge is -2.30. The maximum atomic E-state index is 12.6. The lowest BCUT2D eigenvalue weighted by molar-refractivity contribution is -0.135. The molecule has 0 radical (unpaired) electrons. The van der Waals surface area contributed by atoms with Crippen LogP contribution in [0.15, 0.2) is 0 Å². The average Bonchev–Trinajstić information content (AvgIpc) is 3.16. The van der Waals surface area contributed by atoms with Gasteiger partial charge < -0.3 is 20.1 Å². The van der Waals surface area contributed by atoms with Crippen LogP contribution in [0.3, 0.4) is 0 Å². The number of thioether (sulfide) groups is 1. The van der Waals surface area contributed by atoms with Gasteiger partial charge in [-0.25, -0.2) is 0 Å². The van der Waals surface area contributed by atoms with Crippen LogP contribution in [0.4, 0.5) is 0 Å². The van der Waals surface area contributed by atoms with Crippen LogP contribution >= 0.6 is 11.8 Å². The normalized spacial score (nSPS) is 27.0. The van der Waals surface area contributed by atoms with Crippen LogP contribution in [-0.2, 0) is 14.3 Å². The molecule has 6 heteroatoms. The summed E-state index contributed by atoms with van der Waals surface area (Å²) in [6.07, 6.45) is 7.36. The van der Waals surface area contributed by atoms with E-state index in [0.717, 1.165) is 51.1 Å².